The van der Waals surface area contributed by atoms with Crippen molar-refractivity contribution in [3.8, 4) is 11.5 Å². The molecule has 2 aromatic carbocycles. The van der Waals surface area contributed by atoms with Gasteiger partial charge >= 0.3 is 0 Å². The maximum Gasteiger partial charge on any atom is 0.162 e. The molecule has 0 saturated heterocycles. The molecule has 0 radical (unpaired) electrons. The van der Waals surface area contributed by atoms with Crippen LogP contribution in [0.5, 0.6) is 11.5 Å². The fraction of sp³-hybridized carbons (Fsp3) is 0.200. The van der Waals surface area contributed by atoms with E-state index in [0.29, 0.717) is 34.1 Å². The first-order valence-electron chi connectivity index (χ1n) is 6.07. The average Bonchev–Trinajstić information content (AvgIpc) is 2.43. The molecular weight excluding hydrogens is 281 g/mol. The summed E-state index contributed by atoms with van der Waals surface area (Å²) < 4.78 is 18.5. The SMILES string of the molecule is COc1cc(Cl)cc(CNc2cccc(F)c2C)c1O. The highest BCUT2D eigenvalue weighted by atomic mass is 35.5. The smallest absolute Gasteiger partial charge is 0.162 e. The zero-order valence-electron chi connectivity index (χ0n) is 11.2. The predicted octanol–water partition coefficient (Wildman–Crippen LogP) is 4.11. The van der Waals surface area contributed by atoms with Crippen LogP contribution in [0.4, 0.5) is 10.1 Å². The summed E-state index contributed by atoms with van der Waals surface area (Å²) in [4.78, 5) is 0. The number of rotatable bonds is 4. The van der Waals surface area contributed by atoms with Crippen LogP contribution in [-0.2, 0) is 6.54 Å². The van der Waals surface area contributed by atoms with Gasteiger partial charge in [0.05, 0.1) is 7.11 Å². The minimum atomic E-state index is -0.275. The lowest BCUT2D eigenvalue weighted by molar-refractivity contribution is 0.371. The van der Waals surface area contributed by atoms with Crippen molar-refractivity contribution >= 4 is 17.3 Å². The van der Waals surface area contributed by atoms with Crippen LogP contribution in [0.3, 0.4) is 0 Å². The van der Waals surface area contributed by atoms with Crippen molar-refractivity contribution in [1.82, 2.24) is 0 Å². The van der Waals surface area contributed by atoms with Gasteiger partial charge in [-0.05, 0) is 25.1 Å². The Labute approximate surface area is 122 Å². The highest BCUT2D eigenvalue weighted by Gasteiger charge is 2.10. The Hall–Kier alpha value is -1.94. The number of phenols is 1. The zero-order valence-corrected chi connectivity index (χ0v) is 12.0. The second-order valence-corrected chi connectivity index (χ2v) is 4.82. The summed E-state index contributed by atoms with van der Waals surface area (Å²) in [6.07, 6.45) is 0. The Morgan fingerprint density at radius 1 is 1.35 bits per heavy atom. The molecule has 0 spiro atoms. The molecule has 5 heteroatoms. The highest BCUT2D eigenvalue weighted by Crippen LogP contribution is 2.34. The molecule has 20 heavy (non-hydrogen) atoms. The summed E-state index contributed by atoms with van der Waals surface area (Å²) in [5.41, 5.74) is 1.78. The molecule has 3 nitrogen and oxygen atoms in total. The van der Waals surface area contributed by atoms with Crippen LogP contribution in [0.1, 0.15) is 11.1 Å². The van der Waals surface area contributed by atoms with Crippen LogP contribution < -0.4 is 10.1 Å². The van der Waals surface area contributed by atoms with E-state index in [0.717, 1.165) is 0 Å². The number of benzene rings is 2. The van der Waals surface area contributed by atoms with Crippen LogP contribution in [0.25, 0.3) is 0 Å². The lowest BCUT2D eigenvalue weighted by atomic mass is 10.1. The molecule has 0 heterocycles. The predicted molar refractivity (Wildman–Crippen MR) is 78.1 cm³/mol. The van der Waals surface area contributed by atoms with Gasteiger partial charge in [-0.3, -0.25) is 0 Å². The van der Waals surface area contributed by atoms with E-state index in [1.165, 1.54) is 19.2 Å². The fourth-order valence-corrected chi connectivity index (χ4v) is 2.14. The largest absolute Gasteiger partial charge is 0.504 e. The van der Waals surface area contributed by atoms with E-state index in [-0.39, 0.29) is 11.6 Å². The van der Waals surface area contributed by atoms with Gasteiger partial charge < -0.3 is 15.2 Å². The summed E-state index contributed by atoms with van der Waals surface area (Å²) in [5.74, 6) is 0.0617. The number of ether oxygens (including phenoxy) is 1. The van der Waals surface area contributed by atoms with Crippen molar-refractivity contribution in [2.24, 2.45) is 0 Å². The molecule has 0 aliphatic rings. The number of methoxy groups -OCH3 is 1. The Kier molecular flexibility index (Phi) is 4.35. The summed E-state index contributed by atoms with van der Waals surface area (Å²) in [6, 6.07) is 7.98. The molecule has 0 fully saturated rings. The maximum absolute atomic E-state index is 13.4. The Morgan fingerprint density at radius 2 is 2.10 bits per heavy atom. The van der Waals surface area contributed by atoms with Gasteiger partial charge in [-0.2, -0.15) is 0 Å². The van der Waals surface area contributed by atoms with Crippen molar-refractivity contribution in [2.75, 3.05) is 12.4 Å². The van der Waals surface area contributed by atoms with E-state index < -0.39 is 0 Å². The first kappa shape index (κ1) is 14.5. The van der Waals surface area contributed by atoms with Gasteiger partial charge in [0, 0.05) is 34.4 Å². The molecule has 0 aliphatic heterocycles. The number of nitrogens with one attached hydrogen (secondary N) is 1. The number of phenolic OH excluding ortho intramolecular Hbond substituents is 1. The van der Waals surface area contributed by atoms with Gasteiger partial charge in [-0.1, -0.05) is 17.7 Å². The van der Waals surface area contributed by atoms with Crippen molar-refractivity contribution in [2.45, 2.75) is 13.5 Å². The van der Waals surface area contributed by atoms with Gasteiger partial charge in [-0.15, -0.1) is 0 Å². The first-order valence-corrected chi connectivity index (χ1v) is 6.45. The lowest BCUT2D eigenvalue weighted by Crippen LogP contribution is -2.03. The molecule has 0 bridgehead atoms. The molecule has 0 unspecified atom stereocenters. The molecule has 0 amide bonds. The normalized spacial score (nSPS) is 10.4. The van der Waals surface area contributed by atoms with E-state index in [2.05, 4.69) is 5.32 Å². The van der Waals surface area contributed by atoms with E-state index in [1.54, 1.807) is 25.1 Å². The Bertz CT molecular complexity index is 632. The lowest BCUT2D eigenvalue weighted by Gasteiger charge is -2.13. The van der Waals surface area contributed by atoms with Gasteiger partial charge in [-0.25, -0.2) is 4.39 Å². The van der Waals surface area contributed by atoms with E-state index in [1.807, 2.05) is 0 Å². The summed E-state index contributed by atoms with van der Waals surface area (Å²) in [5, 5.41) is 13.6. The van der Waals surface area contributed by atoms with Gasteiger partial charge in [0.15, 0.2) is 11.5 Å². The molecule has 0 aromatic heterocycles. The van der Waals surface area contributed by atoms with Crippen LogP contribution in [0, 0.1) is 12.7 Å². The molecule has 0 aliphatic carbocycles. The topological polar surface area (TPSA) is 41.5 Å². The number of aromatic hydroxyl groups is 1. The van der Waals surface area contributed by atoms with Crippen LogP contribution in [0.15, 0.2) is 30.3 Å². The van der Waals surface area contributed by atoms with Gasteiger partial charge in [0.2, 0.25) is 0 Å². The summed E-state index contributed by atoms with van der Waals surface area (Å²) in [6.45, 7) is 2.00. The Morgan fingerprint density at radius 3 is 2.80 bits per heavy atom. The van der Waals surface area contributed by atoms with Gasteiger partial charge in [0.25, 0.3) is 0 Å². The summed E-state index contributed by atoms with van der Waals surface area (Å²) >= 11 is 5.96. The van der Waals surface area contributed by atoms with Crippen molar-refractivity contribution in [3.63, 3.8) is 0 Å². The molecule has 106 valence electrons. The molecule has 2 N–H and O–H groups in total. The second-order valence-electron chi connectivity index (χ2n) is 4.38. The molecule has 0 atom stereocenters. The quantitative estimate of drug-likeness (QED) is 0.892. The average molecular weight is 296 g/mol. The van der Waals surface area contributed by atoms with Crippen molar-refractivity contribution in [1.29, 1.82) is 0 Å². The number of hydrogen-bond donors (Lipinski definition) is 2. The first-order chi connectivity index (χ1) is 9.52. The van der Waals surface area contributed by atoms with Crippen LogP contribution in [0.2, 0.25) is 5.02 Å². The third-order valence-electron chi connectivity index (χ3n) is 3.08. The van der Waals surface area contributed by atoms with Crippen LogP contribution >= 0.6 is 11.6 Å². The monoisotopic (exact) mass is 295 g/mol. The third kappa shape index (κ3) is 2.96. The van der Waals surface area contributed by atoms with Crippen molar-refractivity contribution < 1.29 is 14.2 Å². The minimum absolute atomic E-state index is 0.0263. The fourth-order valence-electron chi connectivity index (χ4n) is 1.91. The number of hydrogen-bond acceptors (Lipinski definition) is 3. The summed E-state index contributed by atoms with van der Waals surface area (Å²) in [7, 11) is 1.46. The molecule has 2 aromatic rings. The highest BCUT2D eigenvalue weighted by molar-refractivity contribution is 6.30. The van der Waals surface area contributed by atoms with Crippen molar-refractivity contribution in [3.05, 3.63) is 52.3 Å². The van der Waals surface area contributed by atoms with Gasteiger partial charge in [0.1, 0.15) is 5.82 Å². The van der Waals surface area contributed by atoms with E-state index in [4.69, 9.17) is 16.3 Å². The third-order valence-corrected chi connectivity index (χ3v) is 3.29. The van der Waals surface area contributed by atoms with E-state index in [9.17, 15) is 9.50 Å². The number of anilines is 1. The second kappa shape index (κ2) is 6.01. The standard InChI is InChI=1S/C15H15ClFNO2/c1-9-12(17)4-3-5-13(9)18-8-10-6-11(16)7-14(20-2)15(10)19/h3-7,18-19H,8H2,1-2H3. The minimum Gasteiger partial charge on any atom is -0.504 e. The molecular formula is C15H15ClFNO2. The van der Waals surface area contributed by atoms with Crippen LogP contribution in [-0.4, -0.2) is 12.2 Å². The zero-order chi connectivity index (χ0) is 14.7. The molecule has 0 saturated carbocycles. The van der Waals surface area contributed by atoms with E-state index >= 15 is 0 Å². The Balaban J connectivity index is 2.23. The number of halogens is 2. The molecule has 2 rings (SSSR count). The maximum atomic E-state index is 13.4.